The van der Waals surface area contributed by atoms with Crippen LogP contribution in [0, 0.1) is 41.4 Å². The summed E-state index contributed by atoms with van der Waals surface area (Å²) in [5.41, 5.74) is -0.385. The second kappa shape index (κ2) is 9.77. The van der Waals surface area contributed by atoms with E-state index in [0.29, 0.717) is 11.3 Å². The van der Waals surface area contributed by atoms with Crippen molar-refractivity contribution in [1.29, 1.82) is 0 Å². The predicted molar refractivity (Wildman–Crippen MR) is 136 cm³/mol. The Bertz CT molecular complexity index is 1160. The van der Waals surface area contributed by atoms with Gasteiger partial charge < -0.3 is 29.4 Å². The molecule has 1 aromatic rings. The minimum absolute atomic E-state index is 0.138. The number of carbonyl (C=O) groups excluding carboxylic acids is 3. The lowest BCUT2D eigenvalue weighted by molar-refractivity contribution is -0.184. The molecule has 2 fully saturated rings. The van der Waals surface area contributed by atoms with Crippen molar-refractivity contribution >= 4 is 17.7 Å². The molecule has 4 aliphatic rings. The first-order valence-electron chi connectivity index (χ1n) is 13.4. The fourth-order valence-electron chi connectivity index (χ4n) is 7.65. The SMILES string of the molecule is CO[C@H]1CC2C=C[C@H]3[C@H]4C([C@H]3[C@]2(O)/C(C)=C/[C@@H](C)[C@@H](C(C)=O)OC1=O)[C@H](O)[C@@H](C)[C@H]4OC(=O)c1ccc[nH]1. The third-order valence-corrected chi connectivity index (χ3v) is 9.53. The van der Waals surface area contributed by atoms with Gasteiger partial charge in [-0.3, -0.25) is 4.79 Å². The van der Waals surface area contributed by atoms with Gasteiger partial charge in [-0.1, -0.05) is 32.1 Å². The van der Waals surface area contributed by atoms with E-state index in [1.54, 1.807) is 25.3 Å². The van der Waals surface area contributed by atoms with E-state index in [0.717, 1.165) is 0 Å². The monoisotopic (exact) mass is 527 g/mol. The van der Waals surface area contributed by atoms with Crippen molar-refractivity contribution in [3.05, 3.63) is 47.8 Å². The lowest BCUT2D eigenvalue weighted by Gasteiger charge is -2.61. The summed E-state index contributed by atoms with van der Waals surface area (Å²) < 4.78 is 16.9. The highest BCUT2D eigenvalue weighted by Crippen LogP contribution is 2.66. The molecule has 0 amide bonds. The number of aliphatic hydroxyl groups excluding tert-OH is 1. The second-order valence-electron chi connectivity index (χ2n) is 11.5. The second-order valence-corrected chi connectivity index (χ2v) is 11.5. The summed E-state index contributed by atoms with van der Waals surface area (Å²) in [5, 5.41) is 23.9. The summed E-state index contributed by atoms with van der Waals surface area (Å²) in [5.74, 6) is -3.64. The third-order valence-electron chi connectivity index (χ3n) is 9.53. The first-order valence-corrected chi connectivity index (χ1v) is 13.4. The molecule has 3 N–H and O–H groups in total. The van der Waals surface area contributed by atoms with E-state index in [1.807, 2.05) is 32.1 Å². The van der Waals surface area contributed by atoms with Crippen molar-refractivity contribution in [2.24, 2.45) is 41.4 Å². The van der Waals surface area contributed by atoms with Crippen molar-refractivity contribution in [3.63, 3.8) is 0 Å². The van der Waals surface area contributed by atoms with Crippen molar-refractivity contribution in [3.8, 4) is 0 Å². The molecule has 206 valence electrons. The van der Waals surface area contributed by atoms with Crippen LogP contribution in [0.25, 0.3) is 0 Å². The summed E-state index contributed by atoms with van der Waals surface area (Å²) in [6.45, 7) is 6.87. The fourth-order valence-corrected chi connectivity index (χ4v) is 7.65. The molecule has 3 aliphatic carbocycles. The molecule has 1 aliphatic heterocycles. The predicted octanol–water partition coefficient (Wildman–Crippen LogP) is 2.45. The molecule has 2 heterocycles. The molecule has 2 saturated carbocycles. The first-order chi connectivity index (χ1) is 18.0. The van der Waals surface area contributed by atoms with Crippen LogP contribution in [0.1, 0.15) is 44.6 Å². The highest BCUT2D eigenvalue weighted by molar-refractivity contribution is 5.87. The number of cyclic esters (lactones) is 1. The highest BCUT2D eigenvalue weighted by atomic mass is 16.6. The Kier molecular flexibility index (Phi) is 6.90. The van der Waals surface area contributed by atoms with Gasteiger partial charge >= 0.3 is 11.9 Å². The molecule has 12 atom stereocenters. The molecule has 0 radical (unpaired) electrons. The zero-order valence-corrected chi connectivity index (χ0v) is 22.4. The number of nitrogens with one attached hydrogen (secondary N) is 1. The number of aliphatic hydroxyl groups is 2. The zero-order valence-electron chi connectivity index (χ0n) is 22.4. The molecule has 38 heavy (non-hydrogen) atoms. The Balaban J connectivity index is 1.52. The van der Waals surface area contributed by atoms with Crippen LogP contribution in [-0.2, 0) is 23.8 Å². The van der Waals surface area contributed by atoms with Gasteiger partial charge in [0.25, 0.3) is 0 Å². The largest absolute Gasteiger partial charge is 0.457 e. The molecule has 0 spiro atoms. The number of aromatic amines is 1. The highest BCUT2D eigenvalue weighted by Gasteiger charge is 2.71. The van der Waals surface area contributed by atoms with Crippen LogP contribution in [0.3, 0.4) is 0 Å². The molecule has 1 aromatic heterocycles. The van der Waals surface area contributed by atoms with Crippen LogP contribution in [0.2, 0.25) is 0 Å². The van der Waals surface area contributed by atoms with Gasteiger partial charge in [0, 0.05) is 42.9 Å². The normalized spacial score (nSPS) is 45.4. The van der Waals surface area contributed by atoms with Crippen LogP contribution in [0.15, 0.2) is 42.1 Å². The van der Waals surface area contributed by atoms with Gasteiger partial charge in [-0.25, -0.2) is 9.59 Å². The first kappa shape index (κ1) is 26.8. The number of carbonyl (C=O) groups is 3. The number of methoxy groups -OCH3 is 1. The summed E-state index contributed by atoms with van der Waals surface area (Å²) >= 11 is 0. The van der Waals surface area contributed by atoms with E-state index in [1.165, 1.54) is 14.0 Å². The van der Waals surface area contributed by atoms with E-state index < -0.39 is 53.8 Å². The Morgan fingerprint density at radius 2 is 1.95 bits per heavy atom. The molecule has 5 rings (SSSR count). The number of hydrogen-bond donors (Lipinski definition) is 3. The molecule has 9 nitrogen and oxygen atoms in total. The zero-order chi connectivity index (χ0) is 27.5. The number of allylic oxidation sites excluding steroid dienone is 1. The number of fused-ring (bicyclic) bond motifs is 6. The minimum Gasteiger partial charge on any atom is -0.457 e. The van der Waals surface area contributed by atoms with Gasteiger partial charge in [0.15, 0.2) is 18.0 Å². The van der Waals surface area contributed by atoms with Gasteiger partial charge in [-0.05, 0) is 49.8 Å². The smallest absolute Gasteiger partial charge is 0.355 e. The molecule has 2 unspecified atom stereocenters. The van der Waals surface area contributed by atoms with Crippen molar-refractivity contribution in [2.45, 2.75) is 64.1 Å². The summed E-state index contributed by atoms with van der Waals surface area (Å²) in [6, 6.07) is 3.37. The van der Waals surface area contributed by atoms with Gasteiger partial charge in [0.1, 0.15) is 11.8 Å². The molecule has 0 saturated heterocycles. The summed E-state index contributed by atoms with van der Waals surface area (Å²) in [7, 11) is 1.41. The van der Waals surface area contributed by atoms with E-state index in [-0.39, 0.29) is 41.8 Å². The van der Waals surface area contributed by atoms with E-state index >= 15 is 0 Å². The average Bonchev–Trinajstić information content (AvgIpc) is 3.46. The molecular weight excluding hydrogens is 490 g/mol. The van der Waals surface area contributed by atoms with E-state index in [4.69, 9.17) is 14.2 Å². The van der Waals surface area contributed by atoms with E-state index in [2.05, 4.69) is 4.98 Å². The van der Waals surface area contributed by atoms with Gasteiger partial charge in [-0.15, -0.1) is 0 Å². The maximum atomic E-state index is 12.9. The molecular formula is C29H37NO8. The van der Waals surface area contributed by atoms with Crippen molar-refractivity contribution < 1.29 is 38.8 Å². The Hall–Kier alpha value is -2.75. The Labute approximate surface area is 222 Å². The van der Waals surface area contributed by atoms with Gasteiger partial charge in [0.05, 0.1) is 11.7 Å². The number of esters is 2. The molecule has 0 aromatic carbocycles. The maximum absolute atomic E-state index is 12.9. The Morgan fingerprint density at radius 3 is 2.58 bits per heavy atom. The number of aromatic nitrogens is 1. The number of Topliss-reactive ketones (excluding diaryl/α,β-unsaturated/α-hetero) is 1. The summed E-state index contributed by atoms with van der Waals surface area (Å²) in [4.78, 5) is 40.9. The van der Waals surface area contributed by atoms with Crippen LogP contribution in [0.5, 0.6) is 0 Å². The quantitative estimate of drug-likeness (QED) is 0.402. The maximum Gasteiger partial charge on any atom is 0.355 e. The minimum atomic E-state index is -1.40. The average molecular weight is 528 g/mol. The molecule has 9 heteroatoms. The van der Waals surface area contributed by atoms with Crippen LogP contribution >= 0.6 is 0 Å². The molecule has 0 bridgehead atoms. The Morgan fingerprint density at radius 1 is 1.21 bits per heavy atom. The third kappa shape index (κ3) is 3.98. The lowest BCUT2D eigenvalue weighted by Crippen LogP contribution is -2.65. The lowest BCUT2D eigenvalue weighted by atomic mass is 9.46. The van der Waals surface area contributed by atoms with Crippen LogP contribution in [0.4, 0.5) is 0 Å². The van der Waals surface area contributed by atoms with Crippen LogP contribution < -0.4 is 0 Å². The number of hydrogen-bond acceptors (Lipinski definition) is 8. The number of rotatable bonds is 4. The van der Waals surface area contributed by atoms with Crippen LogP contribution in [-0.4, -0.2) is 70.0 Å². The van der Waals surface area contributed by atoms with Gasteiger partial charge in [-0.2, -0.15) is 0 Å². The number of H-pyrrole nitrogens is 1. The van der Waals surface area contributed by atoms with Gasteiger partial charge in [0.2, 0.25) is 0 Å². The van der Waals surface area contributed by atoms with Crippen molar-refractivity contribution in [1.82, 2.24) is 4.98 Å². The van der Waals surface area contributed by atoms with Crippen molar-refractivity contribution in [2.75, 3.05) is 7.11 Å². The number of ketones is 1. The summed E-state index contributed by atoms with van der Waals surface area (Å²) in [6.07, 6.45) is 4.32. The topological polar surface area (TPSA) is 135 Å². The standard InChI is InChI=1S/C29H37NO8/c1-13-11-14(2)29(35)17(12-20(36-5)28(34)37-25(13)16(4)31)8-9-18-21-22(23(18)29)24(32)15(3)26(21)38-27(33)19-7-6-10-30-19/h6-11,13,15,17-18,20-26,30,32,35H,12H2,1-5H3/b14-11+/t13-,15-,17?,18+,20+,21+,22?,23+,24-,25+,26-,29+/m1/s1. The fraction of sp³-hybridized carbons (Fsp3) is 0.621. The number of ether oxygens (including phenoxy) is 3. The van der Waals surface area contributed by atoms with E-state index in [9.17, 15) is 24.6 Å².